The second kappa shape index (κ2) is 8.38. The van der Waals surface area contributed by atoms with Gasteiger partial charge >= 0.3 is 5.69 Å². The van der Waals surface area contributed by atoms with Gasteiger partial charge in [0, 0.05) is 7.11 Å². The van der Waals surface area contributed by atoms with Crippen molar-refractivity contribution >= 4 is 11.2 Å². The van der Waals surface area contributed by atoms with Crippen LogP contribution >= 0.6 is 0 Å². The lowest BCUT2D eigenvalue weighted by Gasteiger charge is -2.13. The number of rotatable bonds is 6. The maximum absolute atomic E-state index is 13.9. The van der Waals surface area contributed by atoms with E-state index < -0.39 is 17.1 Å². The maximum Gasteiger partial charge on any atom is 0.337 e. The molecule has 0 aliphatic heterocycles. The second-order valence-electron chi connectivity index (χ2n) is 6.86. The summed E-state index contributed by atoms with van der Waals surface area (Å²) in [6.07, 6.45) is 1.44. The summed E-state index contributed by atoms with van der Waals surface area (Å²) in [7, 11) is 1.47. The molecule has 2 aromatic heterocycles. The first-order valence-electron chi connectivity index (χ1n) is 9.48. The second-order valence-corrected chi connectivity index (χ2v) is 6.86. The van der Waals surface area contributed by atoms with Crippen LogP contribution in [-0.4, -0.2) is 32.4 Å². The molecule has 0 N–H and O–H groups in total. The van der Waals surface area contributed by atoms with Crippen LogP contribution in [0.4, 0.5) is 4.39 Å². The van der Waals surface area contributed by atoms with Crippen LogP contribution in [0, 0.1) is 17.1 Å². The topological polar surface area (TPSA) is 94.8 Å². The van der Waals surface area contributed by atoms with Crippen molar-refractivity contribution in [3.63, 3.8) is 0 Å². The molecule has 0 amide bonds. The first kappa shape index (κ1) is 20.3. The molecule has 0 radical (unpaired) electrons. The summed E-state index contributed by atoms with van der Waals surface area (Å²) in [5.74, 6) is -0.519. The van der Waals surface area contributed by atoms with Gasteiger partial charge < -0.3 is 9.30 Å². The normalized spacial score (nSPS) is 11.0. The van der Waals surface area contributed by atoms with Gasteiger partial charge in [-0.3, -0.25) is 9.36 Å². The van der Waals surface area contributed by atoms with Crippen LogP contribution < -0.4 is 11.2 Å². The Hall–Kier alpha value is -4.03. The molecule has 0 aliphatic rings. The molecule has 0 aliphatic carbocycles. The van der Waals surface area contributed by atoms with E-state index in [1.807, 2.05) is 0 Å². The van der Waals surface area contributed by atoms with Crippen molar-refractivity contribution in [1.82, 2.24) is 18.7 Å². The molecule has 0 saturated heterocycles. The molecular weight excluding hydrogens is 401 g/mol. The number of methoxy groups -OCH3 is 1. The van der Waals surface area contributed by atoms with Crippen LogP contribution in [0.3, 0.4) is 0 Å². The Morgan fingerprint density at radius 3 is 2.71 bits per heavy atom. The lowest BCUT2D eigenvalue weighted by molar-refractivity contribution is 0.184. The molecule has 8 nitrogen and oxygen atoms in total. The number of fused-ring (bicyclic) bond motifs is 1. The lowest BCUT2D eigenvalue weighted by atomic mass is 10.1. The van der Waals surface area contributed by atoms with E-state index in [1.165, 1.54) is 36.2 Å². The van der Waals surface area contributed by atoms with Gasteiger partial charge in [0.05, 0.1) is 43.3 Å². The maximum atomic E-state index is 13.9. The van der Waals surface area contributed by atoms with Crippen LogP contribution in [0.1, 0.15) is 11.1 Å². The van der Waals surface area contributed by atoms with Crippen molar-refractivity contribution in [2.24, 2.45) is 0 Å². The predicted molar refractivity (Wildman–Crippen MR) is 112 cm³/mol. The highest BCUT2D eigenvalue weighted by molar-refractivity contribution is 5.72. The fourth-order valence-corrected chi connectivity index (χ4v) is 3.48. The summed E-state index contributed by atoms with van der Waals surface area (Å²) in [6.45, 7) is 0.385. The Labute approximate surface area is 176 Å². The molecule has 4 rings (SSSR count). The van der Waals surface area contributed by atoms with E-state index >= 15 is 0 Å². The summed E-state index contributed by atoms with van der Waals surface area (Å²) in [5, 5.41) is 9.38. The van der Waals surface area contributed by atoms with E-state index in [0.29, 0.717) is 11.1 Å². The Morgan fingerprint density at radius 2 is 1.97 bits per heavy atom. The number of aromatic nitrogens is 4. The molecule has 31 heavy (non-hydrogen) atoms. The molecule has 0 bridgehead atoms. The van der Waals surface area contributed by atoms with Crippen LogP contribution in [0.25, 0.3) is 16.9 Å². The third-order valence-corrected chi connectivity index (χ3v) is 4.96. The third-order valence-electron chi connectivity index (χ3n) is 4.96. The molecule has 0 fully saturated rings. The summed E-state index contributed by atoms with van der Waals surface area (Å²) in [5.41, 5.74) is 0.554. The van der Waals surface area contributed by atoms with Crippen molar-refractivity contribution in [2.45, 2.75) is 13.1 Å². The van der Waals surface area contributed by atoms with E-state index in [2.05, 4.69) is 11.1 Å². The van der Waals surface area contributed by atoms with Crippen molar-refractivity contribution in [1.29, 1.82) is 5.26 Å². The third kappa shape index (κ3) is 3.65. The Bertz CT molecular complexity index is 1430. The molecular formula is C22H18FN5O3. The van der Waals surface area contributed by atoms with Gasteiger partial charge in [-0.2, -0.15) is 5.26 Å². The number of halogens is 1. The van der Waals surface area contributed by atoms with Crippen molar-refractivity contribution in [3.05, 3.63) is 92.6 Å². The van der Waals surface area contributed by atoms with Crippen LogP contribution in [0.5, 0.6) is 0 Å². The number of nitrogens with zero attached hydrogens (tertiary/aromatic N) is 5. The Morgan fingerprint density at radius 1 is 1.16 bits per heavy atom. The lowest BCUT2D eigenvalue weighted by Crippen LogP contribution is -2.41. The average molecular weight is 419 g/mol. The summed E-state index contributed by atoms with van der Waals surface area (Å²) in [4.78, 5) is 30.7. The number of ether oxygens (including phenoxy) is 1. The predicted octanol–water partition coefficient (Wildman–Crippen LogP) is 2.05. The molecule has 0 spiro atoms. The van der Waals surface area contributed by atoms with Gasteiger partial charge in [0.2, 0.25) is 0 Å². The molecule has 0 unspecified atom stereocenters. The number of hydrogen-bond donors (Lipinski definition) is 0. The fraction of sp³-hybridized carbons (Fsp3) is 0.182. The number of nitriles is 1. The van der Waals surface area contributed by atoms with Crippen molar-refractivity contribution < 1.29 is 9.13 Å². The van der Waals surface area contributed by atoms with Gasteiger partial charge in [-0.05, 0) is 29.8 Å². The fourth-order valence-electron chi connectivity index (χ4n) is 3.48. The van der Waals surface area contributed by atoms with Crippen LogP contribution in [0.2, 0.25) is 0 Å². The van der Waals surface area contributed by atoms with Crippen LogP contribution in [0.15, 0.2) is 64.4 Å². The molecule has 0 atom stereocenters. The summed E-state index contributed by atoms with van der Waals surface area (Å²) >= 11 is 0. The Balaban J connectivity index is 1.99. The number of hydrogen-bond acceptors (Lipinski definition) is 5. The molecule has 9 heteroatoms. The van der Waals surface area contributed by atoms with E-state index in [-0.39, 0.29) is 36.5 Å². The zero-order valence-electron chi connectivity index (χ0n) is 16.7. The van der Waals surface area contributed by atoms with Crippen molar-refractivity contribution in [3.8, 4) is 11.8 Å². The highest BCUT2D eigenvalue weighted by Crippen LogP contribution is 2.17. The molecule has 0 saturated carbocycles. The minimum absolute atomic E-state index is 0.0272. The van der Waals surface area contributed by atoms with E-state index in [1.54, 1.807) is 34.9 Å². The zero-order chi connectivity index (χ0) is 22.0. The minimum atomic E-state index is -0.636. The molecule has 2 heterocycles. The van der Waals surface area contributed by atoms with Gasteiger partial charge in [-0.1, -0.05) is 24.3 Å². The number of imidazole rings is 1. The quantitative estimate of drug-likeness (QED) is 0.477. The van der Waals surface area contributed by atoms with Gasteiger partial charge in [-0.15, -0.1) is 0 Å². The van der Waals surface area contributed by atoms with Gasteiger partial charge in [-0.25, -0.2) is 18.7 Å². The van der Waals surface area contributed by atoms with Gasteiger partial charge in [0.25, 0.3) is 5.56 Å². The number of benzene rings is 2. The standard InChI is InChI=1S/C22H18FN5O3/c1-31-10-9-27-21(29)19-20(28(22(27)30)18-8-4-7-17(23)11-18)25-14-26(19)13-16-6-3-2-5-15(16)12-24/h2-8,11,14H,9-10,13H2,1H3. The van der Waals surface area contributed by atoms with E-state index in [9.17, 15) is 19.2 Å². The molecule has 2 aromatic carbocycles. The smallest absolute Gasteiger partial charge is 0.337 e. The van der Waals surface area contributed by atoms with Gasteiger partial charge in [0.1, 0.15) is 5.82 Å². The van der Waals surface area contributed by atoms with Crippen molar-refractivity contribution in [2.75, 3.05) is 13.7 Å². The van der Waals surface area contributed by atoms with Gasteiger partial charge in [0.15, 0.2) is 11.2 Å². The highest BCUT2D eigenvalue weighted by Gasteiger charge is 2.20. The molecule has 4 aromatic rings. The highest BCUT2D eigenvalue weighted by atomic mass is 19.1. The van der Waals surface area contributed by atoms with E-state index in [4.69, 9.17) is 4.74 Å². The first-order valence-corrected chi connectivity index (χ1v) is 9.48. The van der Waals surface area contributed by atoms with Crippen LogP contribution in [-0.2, 0) is 17.8 Å². The zero-order valence-corrected chi connectivity index (χ0v) is 16.7. The Kier molecular flexibility index (Phi) is 5.47. The SMILES string of the molecule is COCCn1c(=O)c2c(ncn2Cc2ccccc2C#N)n(-c2cccc(F)c2)c1=O. The summed E-state index contributed by atoms with van der Waals surface area (Å²) in [6, 6.07) is 14.7. The van der Waals surface area contributed by atoms with E-state index in [0.717, 1.165) is 4.57 Å². The monoisotopic (exact) mass is 419 g/mol. The largest absolute Gasteiger partial charge is 0.383 e. The summed E-state index contributed by atoms with van der Waals surface area (Å²) < 4.78 is 22.8. The minimum Gasteiger partial charge on any atom is -0.383 e. The molecule has 156 valence electrons. The average Bonchev–Trinajstić information content (AvgIpc) is 3.17. The first-order chi connectivity index (χ1) is 15.0.